The topological polar surface area (TPSA) is 93.3 Å². The van der Waals surface area contributed by atoms with Crippen molar-refractivity contribution in [3.63, 3.8) is 0 Å². The molecule has 7 nitrogen and oxygen atoms in total. The van der Waals surface area contributed by atoms with Crippen LogP contribution in [0.4, 0.5) is 5.69 Å². The second-order valence-electron chi connectivity index (χ2n) is 6.72. The first-order valence-corrected chi connectivity index (χ1v) is 8.77. The van der Waals surface area contributed by atoms with Gasteiger partial charge in [-0.15, -0.1) is 0 Å². The fourth-order valence-corrected chi connectivity index (χ4v) is 3.70. The van der Waals surface area contributed by atoms with Gasteiger partial charge in [0.25, 0.3) is 5.91 Å². The van der Waals surface area contributed by atoms with E-state index in [0.29, 0.717) is 23.2 Å². The van der Waals surface area contributed by atoms with Gasteiger partial charge in [0.15, 0.2) is 6.04 Å². The van der Waals surface area contributed by atoms with Crippen LogP contribution in [0.5, 0.6) is 11.5 Å². The van der Waals surface area contributed by atoms with Gasteiger partial charge >= 0.3 is 0 Å². The summed E-state index contributed by atoms with van der Waals surface area (Å²) in [6.07, 6.45) is 4.63. The summed E-state index contributed by atoms with van der Waals surface area (Å²) in [5, 5.41) is 7.99. The van der Waals surface area contributed by atoms with Crippen molar-refractivity contribution in [1.82, 2.24) is 5.32 Å². The number of ether oxygens (including phenoxy) is 2. The van der Waals surface area contributed by atoms with Gasteiger partial charge in [-0.25, -0.2) is 0 Å². The number of hydrogen-bond donors (Lipinski definition) is 3. The number of carbonyl (C=O) groups is 2. The lowest BCUT2D eigenvalue weighted by Crippen LogP contribution is -3.03. The lowest BCUT2D eigenvalue weighted by Gasteiger charge is -2.37. The van der Waals surface area contributed by atoms with Gasteiger partial charge in [0.1, 0.15) is 17.5 Å². The van der Waals surface area contributed by atoms with Crippen LogP contribution in [0.2, 0.25) is 0 Å². The molecule has 0 bridgehead atoms. The molecule has 1 aromatic carbocycles. The highest BCUT2D eigenvalue weighted by atomic mass is 16.5. The lowest BCUT2D eigenvalue weighted by molar-refractivity contribution is -0.718. The minimum atomic E-state index is -0.369. The maximum atomic E-state index is 12.4. The monoisotopic (exact) mass is 348 g/mol. The summed E-state index contributed by atoms with van der Waals surface area (Å²) in [5.41, 5.74) is 0.591. The van der Waals surface area contributed by atoms with Crippen molar-refractivity contribution in [2.45, 2.75) is 50.2 Å². The average Bonchev–Trinajstić information content (AvgIpc) is 2.61. The van der Waals surface area contributed by atoms with Crippen LogP contribution in [0, 0.1) is 0 Å². The summed E-state index contributed by atoms with van der Waals surface area (Å²) in [7, 11) is 3.12. The number of carbonyl (C=O) groups excluding carboxylic acids is 2. The number of quaternary nitrogens is 1. The summed E-state index contributed by atoms with van der Waals surface area (Å²) in [4.78, 5) is 24.7. The number of rotatable bonds is 5. The highest BCUT2D eigenvalue weighted by molar-refractivity contribution is 5.95. The molecule has 1 aliphatic heterocycles. The van der Waals surface area contributed by atoms with Gasteiger partial charge < -0.3 is 25.4 Å². The maximum absolute atomic E-state index is 12.4. The molecule has 2 fully saturated rings. The molecule has 0 spiro atoms. The van der Waals surface area contributed by atoms with Gasteiger partial charge in [-0.05, 0) is 12.8 Å². The number of nitrogens with two attached hydrogens (primary N) is 1. The van der Waals surface area contributed by atoms with E-state index in [-0.39, 0.29) is 30.3 Å². The van der Waals surface area contributed by atoms with Crippen molar-refractivity contribution in [2.75, 3.05) is 19.5 Å². The molecule has 1 heterocycles. The third kappa shape index (κ3) is 4.22. The SMILES string of the molecule is COc1cc(NC(=O)C[C@H]2[NH2+][C@@H]3CCCC[C@@H]3NC2=O)cc(OC)c1. The average molecular weight is 348 g/mol. The summed E-state index contributed by atoms with van der Waals surface area (Å²) < 4.78 is 10.4. The predicted molar refractivity (Wildman–Crippen MR) is 92.7 cm³/mol. The molecule has 2 amide bonds. The molecule has 0 radical (unpaired) electrons. The van der Waals surface area contributed by atoms with Crippen LogP contribution >= 0.6 is 0 Å². The van der Waals surface area contributed by atoms with Gasteiger partial charge in [-0.3, -0.25) is 9.59 Å². The highest BCUT2D eigenvalue weighted by Gasteiger charge is 2.40. The Morgan fingerprint density at radius 3 is 2.56 bits per heavy atom. The maximum Gasteiger partial charge on any atom is 0.279 e. The number of amides is 2. The van der Waals surface area contributed by atoms with Crippen LogP contribution in [0.25, 0.3) is 0 Å². The van der Waals surface area contributed by atoms with Crippen molar-refractivity contribution in [1.29, 1.82) is 0 Å². The Morgan fingerprint density at radius 2 is 1.88 bits per heavy atom. The van der Waals surface area contributed by atoms with Crippen LogP contribution < -0.4 is 25.4 Å². The summed E-state index contributed by atoms with van der Waals surface area (Å²) in [5.74, 6) is 0.964. The fraction of sp³-hybridized carbons (Fsp3) is 0.556. The van der Waals surface area contributed by atoms with Crippen molar-refractivity contribution in [2.24, 2.45) is 0 Å². The second-order valence-corrected chi connectivity index (χ2v) is 6.72. The molecular formula is C18H26N3O4+. The van der Waals surface area contributed by atoms with Gasteiger partial charge in [-0.2, -0.15) is 0 Å². The number of piperazine rings is 1. The van der Waals surface area contributed by atoms with E-state index in [9.17, 15) is 9.59 Å². The van der Waals surface area contributed by atoms with Crippen LogP contribution in [0.1, 0.15) is 32.1 Å². The summed E-state index contributed by atoms with van der Waals surface area (Å²) >= 11 is 0. The minimum absolute atomic E-state index is 0.0403. The molecule has 1 saturated heterocycles. The van der Waals surface area contributed by atoms with E-state index in [1.807, 2.05) is 0 Å². The molecule has 1 aromatic rings. The Bertz CT molecular complexity index is 627. The molecule has 4 N–H and O–H groups in total. The predicted octanol–water partition coefficient (Wildman–Crippen LogP) is 0.405. The summed E-state index contributed by atoms with van der Waals surface area (Å²) in [6.45, 7) is 0. The molecule has 1 aliphatic carbocycles. The van der Waals surface area contributed by atoms with E-state index in [1.54, 1.807) is 32.4 Å². The molecule has 0 unspecified atom stereocenters. The summed E-state index contributed by atoms with van der Waals surface area (Å²) in [6, 6.07) is 5.46. The van der Waals surface area contributed by atoms with E-state index in [1.165, 1.54) is 6.42 Å². The molecule has 136 valence electrons. The van der Waals surface area contributed by atoms with E-state index in [4.69, 9.17) is 9.47 Å². The van der Waals surface area contributed by atoms with E-state index >= 15 is 0 Å². The first kappa shape index (κ1) is 17.5. The van der Waals surface area contributed by atoms with Crippen LogP contribution in [0.15, 0.2) is 18.2 Å². The van der Waals surface area contributed by atoms with Gasteiger partial charge in [0, 0.05) is 30.3 Å². The standard InChI is InChI=1S/C18H25N3O4/c1-24-12-7-11(8-13(9-12)25-2)19-17(22)10-16-18(23)21-15-6-4-3-5-14(15)20-16/h7-9,14-16,20H,3-6,10H2,1-2H3,(H,19,22)(H,21,23)/p+1/t14-,15+,16-/m1/s1. The minimum Gasteiger partial charge on any atom is -0.497 e. The third-order valence-electron chi connectivity index (χ3n) is 5.00. The largest absolute Gasteiger partial charge is 0.497 e. The molecular weight excluding hydrogens is 322 g/mol. The normalized spacial score (nSPS) is 25.5. The van der Waals surface area contributed by atoms with Crippen molar-refractivity contribution in [3.05, 3.63) is 18.2 Å². The van der Waals surface area contributed by atoms with Crippen molar-refractivity contribution >= 4 is 17.5 Å². The fourth-order valence-electron chi connectivity index (χ4n) is 3.70. The number of methoxy groups -OCH3 is 2. The zero-order valence-corrected chi connectivity index (χ0v) is 14.7. The molecule has 2 aliphatic rings. The molecule has 0 aromatic heterocycles. The second kappa shape index (κ2) is 7.74. The Kier molecular flexibility index (Phi) is 5.43. The first-order valence-electron chi connectivity index (χ1n) is 8.77. The van der Waals surface area contributed by atoms with Crippen molar-refractivity contribution < 1.29 is 24.4 Å². The Hall–Kier alpha value is -2.28. The van der Waals surface area contributed by atoms with Crippen LogP contribution in [-0.2, 0) is 9.59 Å². The molecule has 1 saturated carbocycles. The molecule has 7 heteroatoms. The Morgan fingerprint density at radius 1 is 1.20 bits per heavy atom. The number of benzene rings is 1. The van der Waals surface area contributed by atoms with Gasteiger partial charge in [0.05, 0.1) is 26.7 Å². The number of hydrogen-bond acceptors (Lipinski definition) is 4. The zero-order valence-electron chi connectivity index (χ0n) is 14.7. The van der Waals surface area contributed by atoms with Crippen LogP contribution in [0.3, 0.4) is 0 Å². The van der Waals surface area contributed by atoms with E-state index < -0.39 is 0 Å². The number of fused-ring (bicyclic) bond motifs is 1. The Labute approximate surface area is 147 Å². The Balaban J connectivity index is 1.61. The molecule has 25 heavy (non-hydrogen) atoms. The quantitative estimate of drug-likeness (QED) is 0.718. The third-order valence-corrected chi connectivity index (χ3v) is 5.00. The van der Waals surface area contributed by atoms with Gasteiger partial charge in [0.2, 0.25) is 5.91 Å². The number of anilines is 1. The zero-order chi connectivity index (χ0) is 17.8. The van der Waals surface area contributed by atoms with E-state index in [2.05, 4.69) is 16.0 Å². The highest BCUT2D eigenvalue weighted by Crippen LogP contribution is 2.26. The molecule has 3 atom stereocenters. The van der Waals surface area contributed by atoms with E-state index in [0.717, 1.165) is 19.3 Å². The first-order chi connectivity index (χ1) is 12.1. The lowest BCUT2D eigenvalue weighted by atomic mass is 9.87. The molecule has 3 rings (SSSR count). The number of nitrogens with one attached hydrogen (secondary N) is 2. The smallest absolute Gasteiger partial charge is 0.279 e. The van der Waals surface area contributed by atoms with Crippen molar-refractivity contribution in [3.8, 4) is 11.5 Å². The van der Waals surface area contributed by atoms with Crippen LogP contribution in [-0.4, -0.2) is 44.2 Å². The van der Waals surface area contributed by atoms with Gasteiger partial charge in [-0.1, -0.05) is 6.42 Å².